The van der Waals surface area contributed by atoms with E-state index in [-0.39, 0.29) is 18.4 Å². The number of carbonyl (C=O) groups is 2. The molecule has 2 unspecified atom stereocenters. The molecule has 16 heavy (non-hydrogen) atoms. The summed E-state index contributed by atoms with van der Waals surface area (Å²) in [6.45, 7) is 6.12. The Labute approximate surface area is 96.9 Å². The minimum atomic E-state index is -0.839. The summed E-state index contributed by atoms with van der Waals surface area (Å²) in [5.41, 5.74) is 10.5. The highest BCUT2D eigenvalue weighted by molar-refractivity contribution is 5.87. The van der Waals surface area contributed by atoms with Gasteiger partial charge in [-0.3, -0.25) is 9.59 Å². The zero-order valence-corrected chi connectivity index (χ0v) is 10.3. The van der Waals surface area contributed by atoms with Gasteiger partial charge in [0.25, 0.3) is 0 Å². The first-order valence-corrected chi connectivity index (χ1v) is 5.76. The quantitative estimate of drug-likeness (QED) is 0.578. The lowest BCUT2D eigenvalue weighted by Gasteiger charge is -2.23. The fourth-order valence-corrected chi connectivity index (χ4v) is 1.75. The summed E-state index contributed by atoms with van der Waals surface area (Å²) in [7, 11) is 0. The Morgan fingerprint density at radius 3 is 2.12 bits per heavy atom. The van der Waals surface area contributed by atoms with Gasteiger partial charge in [-0.1, -0.05) is 26.7 Å². The van der Waals surface area contributed by atoms with Gasteiger partial charge in [0.05, 0.1) is 12.5 Å². The van der Waals surface area contributed by atoms with Crippen LogP contribution in [0.25, 0.3) is 0 Å². The third-order valence-electron chi connectivity index (χ3n) is 2.88. The summed E-state index contributed by atoms with van der Waals surface area (Å²) >= 11 is 0. The molecule has 0 aliphatic carbocycles. The van der Waals surface area contributed by atoms with Gasteiger partial charge in [-0.15, -0.1) is 0 Å². The van der Waals surface area contributed by atoms with E-state index in [1.165, 1.54) is 0 Å². The van der Waals surface area contributed by atoms with Crippen molar-refractivity contribution in [1.29, 1.82) is 0 Å². The lowest BCUT2D eigenvalue weighted by molar-refractivity contribution is -0.127. The Morgan fingerprint density at radius 2 is 1.75 bits per heavy atom. The minimum absolute atomic E-state index is 0.0708. The van der Waals surface area contributed by atoms with Crippen molar-refractivity contribution in [3.05, 3.63) is 0 Å². The molecule has 0 saturated carbocycles. The van der Waals surface area contributed by atoms with Crippen LogP contribution in [-0.2, 0) is 9.59 Å². The Kier molecular flexibility index (Phi) is 6.72. The van der Waals surface area contributed by atoms with E-state index in [2.05, 4.69) is 19.2 Å². The first kappa shape index (κ1) is 14.9. The van der Waals surface area contributed by atoms with Gasteiger partial charge in [0.2, 0.25) is 11.8 Å². The summed E-state index contributed by atoms with van der Waals surface area (Å²) in [4.78, 5) is 22.2. The van der Waals surface area contributed by atoms with Gasteiger partial charge >= 0.3 is 0 Å². The molecular formula is C11H23N3O2. The van der Waals surface area contributed by atoms with E-state index < -0.39 is 11.9 Å². The average Bonchev–Trinajstić information content (AvgIpc) is 2.18. The van der Waals surface area contributed by atoms with E-state index >= 15 is 0 Å². The molecule has 94 valence electrons. The summed E-state index contributed by atoms with van der Waals surface area (Å²) in [6, 6.07) is -0.768. The number of primary amides is 1. The van der Waals surface area contributed by atoms with Gasteiger partial charge in [-0.05, 0) is 12.8 Å². The molecule has 5 nitrogen and oxygen atoms in total. The number of nitrogens with two attached hydrogens (primary N) is 2. The molecule has 0 aliphatic heterocycles. The molecule has 0 aromatic heterocycles. The van der Waals surface area contributed by atoms with E-state index in [1.54, 1.807) is 0 Å². The van der Waals surface area contributed by atoms with Crippen molar-refractivity contribution in [3.8, 4) is 0 Å². The van der Waals surface area contributed by atoms with Crippen LogP contribution in [0.3, 0.4) is 0 Å². The van der Waals surface area contributed by atoms with E-state index in [0.717, 1.165) is 12.8 Å². The molecule has 5 heteroatoms. The van der Waals surface area contributed by atoms with Crippen molar-refractivity contribution >= 4 is 11.8 Å². The lowest BCUT2D eigenvalue weighted by Crippen LogP contribution is -2.48. The Bertz CT molecular complexity index is 239. The Balaban J connectivity index is 4.17. The second-order valence-electron chi connectivity index (χ2n) is 4.15. The van der Waals surface area contributed by atoms with Gasteiger partial charge in [0.1, 0.15) is 0 Å². The van der Waals surface area contributed by atoms with Crippen LogP contribution >= 0.6 is 0 Å². The Hall–Kier alpha value is -1.10. The fraction of sp³-hybridized carbons (Fsp3) is 0.818. The molecule has 2 amide bonds. The van der Waals surface area contributed by atoms with Crippen LogP contribution in [0, 0.1) is 5.92 Å². The van der Waals surface area contributed by atoms with Crippen molar-refractivity contribution in [3.63, 3.8) is 0 Å². The first-order chi connectivity index (χ1) is 7.42. The average molecular weight is 229 g/mol. The minimum Gasteiger partial charge on any atom is -0.370 e. The highest BCUT2D eigenvalue weighted by Crippen LogP contribution is 2.12. The van der Waals surface area contributed by atoms with Gasteiger partial charge in [-0.25, -0.2) is 0 Å². The molecule has 5 N–H and O–H groups in total. The maximum absolute atomic E-state index is 11.6. The van der Waals surface area contributed by atoms with Gasteiger partial charge in [0, 0.05) is 6.04 Å². The monoisotopic (exact) mass is 229 g/mol. The topological polar surface area (TPSA) is 98.2 Å². The Morgan fingerprint density at radius 1 is 1.25 bits per heavy atom. The predicted molar refractivity (Wildman–Crippen MR) is 63.5 cm³/mol. The third-order valence-corrected chi connectivity index (χ3v) is 2.88. The van der Waals surface area contributed by atoms with Crippen molar-refractivity contribution in [2.24, 2.45) is 17.4 Å². The maximum Gasteiger partial charge on any atom is 0.237 e. The van der Waals surface area contributed by atoms with E-state index in [0.29, 0.717) is 5.92 Å². The highest BCUT2D eigenvalue weighted by atomic mass is 16.2. The summed E-state index contributed by atoms with van der Waals surface area (Å²) in [6.07, 6.45) is 1.90. The van der Waals surface area contributed by atoms with Crippen LogP contribution in [0.2, 0.25) is 0 Å². The maximum atomic E-state index is 11.6. The standard InChI is InChI=1S/C11H23N3O2/c1-4-8(5-2)7(3)14-11(16)9(12)6-10(13)15/h7-9H,4-6,12H2,1-3H3,(H2,13,15)(H,14,16). The normalized spacial score (nSPS) is 14.6. The molecule has 0 radical (unpaired) electrons. The molecular weight excluding hydrogens is 206 g/mol. The molecule has 0 bridgehead atoms. The summed E-state index contributed by atoms with van der Waals surface area (Å²) < 4.78 is 0. The van der Waals surface area contributed by atoms with E-state index in [4.69, 9.17) is 11.5 Å². The molecule has 0 aromatic carbocycles. The van der Waals surface area contributed by atoms with Gasteiger partial charge < -0.3 is 16.8 Å². The second kappa shape index (κ2) is 7.22. The predicted octanol–water partition coefficient (Wildman–Crippen LogP) is 0.130. The summed E-state index contributed by atoms with van der Waals surface area (Å²) in [5, 5.41) is 2.82. The number of hydrogen-bond donors (Lipinski definition) is 3. The zero-order valence-electron chi connectivity index (χ0n) is 10.3. The van der Waals surface area contributed by atoms with Gasteiger partial charge in [0.15, 0.2) is 0 Å². The third kappa shape index (κ3) is 5.11. The SMILES string of the molecule is CCC(CC)C(C)NC(=O)C(N)CC(N)=O. The second-order valence-corrected chi connectivity index (χ2v) is 4.15. The number of amides is 2. The molecule has 0 spiro atoms. The number of hydrogen-bond acceptors (Lipinski definition) is 3. The summed E-state index contributed by atoms with van der Waals surface area (Å²) in [5.74, 6) is -0.430. The van der Waals surface area contributed by atoms with Crippen LogP contribution in [0.5, 0.6) is 0 Å². The van der Waals surface area contributed by atoms with Crippen LogP contribution in [-0.4, -0.2) is 23.9 Å². The molecule has 0 heterocycles. The number of nitrogens with one attached hydrogen (secondary N) is 1. The van der Waals surface area contributed by atoms with Crippen molar-refractivity contribution < 1.29 is 9.59 Å². The number of rotatable bonds is 7. The van der Waals surface area contributed by atoms with Crippen LogP contribution < -0.4 is 16.8 Å². The van der Waals surface area contributed by atoms with Crippen LogP contribution in [0.4, 0.5) is 0 Å². The van der Waals surface area contributed by atoms with Crippen molar-refractivity contribution in [2.45, 2.75) is 52.1 Å². The molecule has 0 fully saturated rings. The van der Waals surface area contributed by atoms with Crippen molar-refractivity contribution in [2.75, 3.05) is 0 Å². The van der Waals surface area contributed by atoms with Crippen molar-refractivity contribution in [1.82, 2.24) is 5.32 Å². The zero-order chi connectivity index (χ0) is 12.7. The molecule has 2 atom stereocenters. The molecule has 0 saturated heterocycles. The van der Waals surface area contributed by atoms with E-state index in [9.17, 15) is 9.59 Å². The molecule has 0 rings (SSSR count). The molecule has 0 aromatic rings. The molecule has 0 aliphatic rings. The van der Waals surface area contributed by atoms with Crippen LogP contribution in [0.1, 0.15) is 40.0 Å². The fourth-order valence-electron chi connectivity index (χ4n) is 1.75. The van der Waals surface area contributed by atoms with Gasteiger partial charge in [-0.2, -0.15) is 0 Å². The smallest absolute Gasteiger partial charge is 0.237 e. The lowest BCUT2D eigenvalue weighted by atomic mass is 9.95. The largest absolute Gasteiger partial charge is 0.370 e. The van der Waals surface area contributed by atoms with E-state index in [1.807, 2.05) is 6.92 Å². The number of carbonyl (C=O) groups excluding carboxylic acids is 2. The van der Waals surface area contributed by atoms with Crippen LogP contribution in [0.15, 0.2) is 0 Å². The highest BCUT2D eigenvalue weighted by Gasteiger charge is 2.20. The first-order valence-electron chi connectivity index (χ1n) is 5.76.